The summed E-state index contributed by atoms with van der Waals surface area (Å²) in [5.41, 5.74) is 1.47. The van der Waals surface area contributed by atoms with Gasteiger partial charge in [0.25, 0.3) is 5.56 Å². The maximum atomic E-state index is 13.0. The highest BCUT2D eigenvalue weighted by atomic mass is 32.1. The first kappa shape index (κ1) is 17.1. The summed E-state index contributed by atoms with van der Waals surface area (Å²) < 4.78 is 1.42. The molecular formula is C18H26N4OS. The Balaban J connectivity index is 2.12. The summed E-state index contributed by atoms with van der Waals surface area (Å²) in [6, 6.07) is 0. The van der Waals surface area contributed by atoms with Crippen molar-refractivity contribution in [3.8, 4) is 0 Å². The highest BCUT2D eigenvalue weighted by Crippen LogP contribution is 2.42. The number of aromatic nitrogens is 2. The summed E-state index contributed by atoms with van der Waals surface area (Å²) in [6.45, 7) is 8.76. The number of nitrogens with zero attached hydrogens (tertiary/aromatic N) is 4. The standard InChI is InChI=1S/C18H26N4OS/c1-11-20-16-15(17(23)22(11)19-10-21(5)6)13-8-7-12(18(2,3)4)9-14(13)24-16/h10,12H,7-9H2,1-6H3/b19-10-/t12-/m1/s1. The molecule has 0 amide bonds. The number of hydrogen-bond acceptors (Lipinski definition) is 4. The molecule has 3 rings (SSSR count). The molecule has 1 atom stereocenters. The fourth-order valence-electron chi connectivity index (χ4n) is 3.35. The zero-order valence-corrected chi connectivity index (χ0v) is 16.2. The lowest BCUT2D eigenvalue weighted by atomic mass is 9.72. The van der Waals surface area contributed by atoms with Crippen LogP contribution in [0.4, 0.5) is 0 Å². The lowest BCUT2D eigenvalue weighted by molar-refractivity contribution is 0.218. The first-order valence-corrected chi connectivity index (χ1v) is 9.25. The van der Waals surface area contributed by atoms with Crippen LogP contribution in [0.15, 0.2) is 9.90 Å². The molecule has 1 aliphatic carbocycles. The summed E-state index contributed by atoms with van der Waals surface area (Å²) >= 11 is 1.69. The second kappa shape index (κ2) is 5.99. The molecule has 0 bridgehead atoms. The van der Waals surface area contributed by atoms with Gasteiger partial charge in [-0.1, -0.05) is 20.8 Å². The van der Waals surface area contributed by atoms with Crippen molar-refractivity contribution in [2.24, 2.45) is 16.4 Å². The van der Waals surface area contributed by atoms with Crippen LogP contribution in [0.2, 0.25) is 0 Å². The summed E-state index contributed by atoms with van der Waals surface area (Å²) in [6.07, 6.45) is 4.79. The Kier molecular flexibility index (Phi) is 4.28. The van der Waals surface area contributed by atoms with Crippen LogP contribution in [0.1, 0.15) is 43.5 Å². The fraction of sp³-hybridized carbons (Fsp3) is 0.611. The molecule has 0 saturated heterocycles. The van der Waals surface area contributed by atoms with Crippen molar-refractivity contribution in [1.82, 2.24) is 14.6 Å². The minimum absolute atomic E-state index is 0.0395. The minimum atomic E-state index is -0.0395. The smallest absolute Gasteiger partial charge is 0.283 e. The lowest BCUT2D eigenvalue weighted by Gasteiger charge is -2.33. The van der Waals surface area contributed by atoms with Crippen molar-refractivity contribution < 1.29 is 0 Å². The van der Waals surface area contributed by atoms with Gasteiger partial charge in [-0.3, -0.25) is 4.79 Å². The van der Waals surface area contributed by atoms with E-state index in [9.17, 15) is 4.79 Å². The number of thiophene rings is 1. The third-order valence-electron chi connectivity index (χ3n) is 4.85. The van der Waals surface area contributed by atoms with E-state index < -0.39 is 0 Å². The predicted octanol–water partition coefficient (Wildman–Crippen LogP) is 3.27. The lowest BCUT2D eigenvalue weighted by Crippen LogP contribution is -2.27. The van der Waals surface area contributed by atoms with Crippen LogP contribution >= 0.6 is 11.3 Å². The van der Waals surface area contributed by atoms with Crippen LogP contribution in [0.3, 0.4) is 0 Å². The molecule has 0 aliphatic heterocycles. The van der Waals surface area contributed by atoms with Crippen molar-refractivity contribution >= 4 is 27.9 Å². The molecule has 0 radical (unpaired) electrons. The number of aryl methyl sites for hydroxylation is 2. The number of hydrogen-bond donors (Lipinski definition) is 0. The van der Waals surface area contributed by atoms with E-state index in [0.29, 0.717) is 17.2 Å². The Bertz CT molecular complexity index is 854. The van der Waals surface area contributed by atoms with E-state index in [4.69, 9.17) is 0 Å². The van der Waals surface area contributed by atoms with E-state index in [-0.39, 0.29) is 5.56 Å². The monoisotopic (exact) mass is 346 g/mol. The minimum Gasteiger partial charge on any atom is -0.367 e. The topological polar surface area (TPSA) is 50.5 Å². The third kappa shape index (κ3) is 2.99. The zero-order valence-electron chi connectivity index (χ0n) is 15.4. The molecule has 6 heteroatoms. The second-order valence-corrected chi connectivity index (χ2v) is 9.04. The average molecular weight is 347 g/mol. The fourth-order valence-corrected chi connectivity index (χ4v) is 4.68. The van der Waals surface area contributed by atoms with Gasteiger partial charge >= 0.3 is 0 Å². The van der Waals surface area contributed by atoms with Gasteiger partial charge in [-0.05, 0) is 43.1 Å². The Hall–Kier alpha value is -1.69. The SMILES string of the molecule is Cc1nc2sc3c(c2c(=O)n1/N=C\N(C)C)CC[C@@H](C(C)(C)C)C3. The summed E-state index contributed by atoms with van der Waals surface area (Å²) in [4.78, 5) is 21.7. The van der Waals surface area contributed by atoms with Crippen molar-refractivity contribution in [3.05, 3.63) is 26.6 Å². The molecule has 2 aromatic heterocycles. The van der Waals surface area contributed by atoms with Gasteiger partial charge in [-0.2, -0.15) is 9.78 Å². The molecule has 0 aromatic carbocycles. The molecule has 0 saturated carbocycles. The molecule has 2 heterocycles. The van der Waals surface area contributed by atoms with Gasteiger partial charge in [0.15, 0.2) is 0 Å². The molecule has 1 aliphatic rings. The first-order chi connectivity index (χ1) is 11.2. The van der Waals surface area contributed by atoms with E-state index in [0.717, 1.165) is 29.5 Å². The maximum Gasteiger partial charge on any atom is 0.283 e. The summed E-state index contributed by atoms with van der Waals surface area (Å²) in [5.74, 6) is 1.30. The predicted molar refractivity (Wildman–Crippen MR) is 101 cm³/mol. The summed E-state index contributed by atoms with van der Waals surface area (Å²) in [7, 11) is 3.77. The van der Waals surface area contributed by atoms with E-state index in [1.165, 1.54) is 15.1 Å². The van der Waals surface area contributed by atoms with Crippen molar-refractivity contribution in [3.63, 3.8) is 0 Å². The van der Waals surface area contributed by atoms with E-state index in [1.54, 1.807) is 17.7 Å². The van der Waals surface area contributed by atoms with Gasteiger partial charge in [-0.15, -0.1) is 11.3 Å². The molecule has 0 spiro atoms. The molecule has 0 unspecified atom stereocenters. The van der Waals surface area contributed by atoms with Gasteiger partial charge in [0, 0.05) is 19.0 Å². The second-order valence-electron chi connectivity index (χ2n) is 7.96. The van der Waals surface area contributed by atoms with Crippen molar-refractivity contribution in [2.75, 3.05) is 14.1 Å². The van der Waals surface area contributed by atoms with Gasteiger partial charge in [0.1, 0.15) is 17.0 Å². The van der Waals surface area contributed by atoms with Gasteiger partial charge in [-0.25, -0.2) is 4.98 Å². The highest BCUT2D eigenvalue weighted by molar-refractivity contribution is 7.18. The average Bonchev–Trinajstić information content (AvgIpc) is 2.82. The number of rotatable bonds is 2. The molecular weight excluding hydrogens is 320 g/mol. The van der Waals surface area contributed by atoms with Crippen molar-refractivity contribution in [2.45, 2.75) is 47.0 Å². The Morgan fingerprint density at radius 2 is 2.08 bits per heavy atom. The van der Waals surface area contributed by atoms with Gasteiger partial charge < -0.3 is 4.90 Å². The zero-order chi connectivity index (χ0) is 17.6. The largest absolute Gasteiger partial charge is 0.367 e. The number of fused-ring (bicyclic) bond motifs is 3. The van der Waals surface area contributed by atoms with Gasteiger partial charge in [0.05, 0.1) is 5.39 Å². The van der Waals surface area contributed by atoms with Crippen LogP contribution in [-0.2, 0) is 12.8 Å². The highest BCUT2D eigenvalue weighted by Gasteiger charge is 2.31. The van der Waals surface area contributed by atoms with E-state index >= 15 is 0 Å². The van der Waals surface area contributed by atoms with E-state index in [2.05, 4.69) is 30.9 Å². The normalized spacial score (nSPS) is 18.3. The molecule has 130 valence electrons. The molecule has 2 aromatic rings. The maximum absolute atomic E-state index is 13.0. The van der Waals surface area contributed by atoms with Crippen LogP contribution in [0.25, 0.3) is 10.2 Å². The van der Waals surface area contributed by atoms with E-state index in [1.807, 2.05) is 25.9 Å². The molecule has 0 fully saturated rings. The van der Waals surface area contributed by atoms with Crippen LogP contribution in [-0.4, -0.2) is 35.0 Å². The molecule has 5 nitrogen and oxygen atoms in total. The Morgan fingerprint density at radius 1 is 1.38 bits per heavy atom. The van der Waals surface area contributed by atoms with Crippen LogP contribution < -0.4 is 5.56 Å². The summed E-state index contributed by atoms with van der Waals surface area (Å²) in [5, 5.41) is 5.07. The Morgan fingerprint density at radius 3 is 2.71 bits per heavy atom. The van der Waals surface area contributed by atoms with Crippen LogP contribution in [0.5, 0.6) is 0 Å². The van der Waals surface area contributed by atoms with Gasteiger partial charge in [0.2, 0.25) is 0 Å². The van der Waals surface area contributed by atoms with Crippen molar-refractivity contribution in [1.29, 1.82) is 0 Å². The Labute approximate surface area is 147 Å². The third-order valence-corrected chi connectivity index (χ3v) is 5.99. The quantitative estimate of drug-likeness (QED) is 0.619. The molecule has 24 heavy (non-hydrogen) atoms. The molecule has 0 N–H and O–H groups in total. The first-order valence-electron chi connectivity index (χ1n) is 8.43. The van der Waals surface area contributed by atoms with Crippen LogP contribution in [0, 0.1) is 18.3 Å².